The Balaban J connectivity index is 1.22. The van der Waals surface area contributed by atoms with E-state index in [2.05, 4.69) is 10.3 Å². The molecule has 1 fully saturated rings. The van der Waals surface area contributed by atoms with Crippen molar-refractivity contribution in [1.82, 2.24) is 15.2 Å². The Morgan fingerprint density at radius 1 is 1.12 bits per heavy atom. The van der Waals surface area contributed by atoms with E-state index in [4.69, 9.17) is 4.74 Å². The summed E-state index contributed by atoms with van der Waals surface area (Å²) in [4.78, 5) is 31.3. The minimum absolute atomic E-state index is 0.0477. The van der Waals surface area contributed by atoms with Crippen molar-refractivity contribution in [1.29, 1.82) is 0 Å². The maximum Gasteiger partial charge on any atom is 0.253 e. The number of piperidine rings is 1. The minimum atomic E-state index is -0.377. The number of para-hydroxylation sites is 1. The number of fused-ring (bicyclic) bond motifs is 1. The van der Waals surface area contributed by atoms with Crippen molar-refractivity contribution in [2.45, 2.75) is 19.3 Å². The molecule has 0 spiro atoms. The van der Waals surface area contributed by atoms with Crippen molar-refractivity contribution >= 4 is 22.7 Å². The predicted molar refractivity (Wildman–Crippen MR) is 120 cm³/mol. The van der Waals surface area contributed by atoms with Gasteiger partial charge in [-0.05, 0) is 55.7 Å². The second-order valence-corrected chi connectivity index (χ2v) is 7.92. The van der Waals surface area contributed by atoms with Crippen LogP contribution in [0.3, 0.4) is 0 Å². The summed E-state index contributed by atoms with van der Waals surface area (Å²) in [6.07, 6.45) is 3.92. The fourth-order valence-electron chi connectivity index (χ4n) is 3.95. The maximum atomic E-state index is 13.1. The molecule has 3 aromatic rings. The summed E-state index contributed by atoms with van der Waals surface area (Å²) in [5, 5.41) is 3.98. The van der Waals surface area contributed by atoms with Crippen LogP contribution < -0.4 is 10.1 Å². The summed E-state index contributed by atoms with van der Waals surface area (Å²) >= 11 is 0. The Morgan fingerprint density at radius 3 is 2.78 bits per heavy atom. The minimum Gasteiger partial charge on any atom is -0.491 e. The molecule has 1 unspecified atom stereocenters. The molecule has 4 rings (SSSR count). The molecule has 1 N–H and O–H groups in total. The molecule has 1 aliphatic heterocycles. The molecule has 0 saturated carbocycles. The van der Waals surface area contributed by atoms with Gasteiger partial charge in [-0.3, -0.25) is 14.6 Å². The number of amides is 2. The number of nitrogens with one attached hydrogen (secondary N) is 1. The molecule has 2 aromatic carbocycles. The van der Waals surface area contributed by atoms with Gasteiger partial charge in [-0.25, -0.2) is 4.39 Å². The van der Waals surface area contributed by atoms with Crippen LogP contribution in [0.2, 0.25) is 0 Å². The van der Waals surface area contributed by atoms with Gasteiger partial charge >= 0.3 is 0 Å². The van der Waals surface area contributed by atoms with Gasteiger partial charge in [0.05, 0.1) is 12.5 Å². The number of nitrogens with zero attached hydrogens (tertiary/aromatic N) is 2. The SMILES string of the molecule is O=C(NCCCOc1cccc2cccnc12)C1CCCN(C(=O)c2ccc(F)cc2)C1. The van der Waals surface area contributed by atoms with Crippen molar-refractivity contribution in [2.24, 2.45) is 5.92 Å². The van der Waals surface area contributed by atoms with Gasteiger partial charge in [-0.15, -0.1) is 0 Å². The number of aromatic nitrogens is 1. The van der Waals surface area contributed by atoms with E-state index in [1.165, 1.54) is 24.3 Å². The van der Waals surface area contributed by atoms with Gasteiger partial charge in [0, 0.05) is 36.8 Å². The van der Waals surface area contributed by atoms with Gasteiger partial charge in [0.15, 0.2) is 0 Å². The molecular weight excluding hydrogens is 409 g/mol. The zero-order valence-corrected chi connectivity index (χ0v) is 17.8. The molecule has 2 amide bonds. The Hall–Kier alpha value is -3.48. The number of rotatable bonds is 7. The van der Waals surface area contributed by atoms with Gasteiger partial charge in [-0.1, -0.05) is 18.2 Å². The van der Waals surface area contributed by atoms with E-state index in [1.807, 2.05) is 30.3 Å². The Morgan fingerprint density at radius 2 is 1.94 bits per heavy atom. The monoisotopic (exact) mass is 435 g/mol. The number of ether oxygens (including phenoxy) is 1. The summed E-state index contributed by atoms with van der Waals surface area (Å²) in [5.41, 5.74) is 1.26. The highest BCUT2D eigenvalue weighted by atomic mass is 19.1. The first-order valence-corrected chi connectivity index (χ1v) is 10.9. The lowest BCUT2D eigenvalue weighted by Crippen LogP contribution is -2.45. The van der Waals surface area contributed by atoms with E-state index < -0.39 is 0 Å². The summed E-state index contributed by atoms with van der Waals surface area (Å²) in [5.74, 6) is -0.0980. The van der Waals surface area contributed by atoms with E-state index in [0.29, 0.717) is 38.2 Å². The number of carbonyl (C=O) groups is 2. The van der Waals surface area contributed by atoms with Crippen molar-refractivity contribution in [2.75, 3.05) is 26.2 Å². The van der Waals surface area contributed by atoms with E-state index >= 15 is 0 Å². The molecule has 1 atom stereocenters. The van der Waals surface area contributed by atoms with Crippen LogP contribution in [-0.4, -0.2) is 47.9 Å². The smallest absolute Gasteiger partial charge is 0.253 e. The first-order chi connectivity index (χ1) is 15.6. The highest BCUT2D eigenvalue weighted by molar-refractivity contribution is 5.94. The van der Waals surface area contributed by atoms with Crippen LogP contribution in [0.5, 0.6) is 5.75 Å². The third-order valence-corrected chi connectivity index (χ3v) is 5.64. The molecule has 0 aliphatic carbocycles. The molecule has 1 aromatic heterocycles. The van der Waals surface area contributed by atoms with Crippen molar-refractivity contribution < 1.29 is 18.7 Å². The van der Waals surface area contributed by atoms with Crippen LogP contribution >= 0.6 is 0 Å². The van der Waals surface area contributed by atoms with Gasteiger partial charge < -0.3 is 15.0 Å². The third-order valence-electron chi connectivity index (χ3n) is 5.64. The van der Waals surface area contributed by atoms with Gasteiger partial charge in [-0.2, -0.15) is 0 Å². The summed E-state index contributed by atoms with van der Waals surface area (Å²) in [7, 11) is 0. The molecule has 1 saturated heterocycles. The Kier molecular flexibility index (Phi) is 6.94. The van der Waals surface area contributed by atoms with Crippen LogP contribution in [-0.2, 0) is 4.79 Å². The Labute approximate surface area is 186 Å². The highest BCUT2D eigenvalue weighted by Gasteiger charge is 2.28. The molecule has 6 nitrogen and oxygen atoms in total. The summed E-state index contributed by atoms with van der Waals surface area (Å²) < 4.78 is 19.0. The van der Waals surface area contributed by atoms with Crippen LogP contribution in [0.4, 0.5) is 4.39 Å². The number of benzene rings is 2. The van der Waals surface area contributed by atoms with Crippen molar-refractivity contribution in [3.8, 4) is 5.75 Å². The first-order valence-electron chi connectivity index (χ1n) is 10.9. The molecule has 2 heterocycles. The zero-order valence-electron chi connectivity index (χ0n) is 17.8. The average molecular weight is 435 g/mol. The quantitative estimate of drug-likeness (QED) is 0.573. The van der Waals surface area contributed by atoms with Crippen LogP contribution in [0.25, 0.3) is 10.9 Å². The van der Waals surface area contributed by atoms with E-state index in [0.717, 1.165) is 29.5 Å². The lowest BCUT2D eigenvalue weighted by molar-refractivity contribution is -0.126. The first kappa shape index (κ1) is 21.7. The highest BCUT2D eigenvalue weighted by Crippen LogP contribution is 2.23. The Bertz CT molecular complexity index is 1080. The normalized spacial score (nSPS) is 16.0. The largest absolute Gasteiger partial charge is 0.491 e. The van der Waals surface area contributed by atoms with Crippen molar-refractivity contribution in [3.05, 3.63) is 72.2 Å². The van der Waals surface area contributed by atoms with Crippen LogP contribution in [0.15, 0.2) is 60.8 Å². The number of pyridine rings is 1. The van der Waals surface area contributed by atoms with Gasteiger partial charge in [0.25, 0.3) is 5.91 Å². The van der Waals surface area contributed by atoms with E-state index in [-0.39, 0.29) is 23.5 Å². The third kappa shape index (κ3) is 5.22. The van der Waals surface area contributed by atoms with Gasteiger partial charge in [0.1, 0.15) is 17.1 Å². The lowest BCUT2D eigenvalue weighted by Gasteiger charge is -2.32. The fourth-order valence-corrected chi connectivity index (χ4v) is 3.95. The van der Waals surface area contributed by atoms with Gasteiger partial charge in [0.2, 0.25) is 5.91 Å². The zero-order chi connectivity index (χ0) is 22.3. The van der Waals surface area contributed by atoms with E-state index in [1.54, 1.807) is 11.1 Å². The number of halogens is 1. The second kappa shape index (κ2) is 10.2. The lowest BCUT2D eigenvalue weighted by atomic mass is 9.96. The topological polar surface area (TPSA) is 71.5 Å². The molecule has 1 aliphatic rings. The molecule has 0 bridgehead atoms. The van der Waals surface area contributed by atoms with Crippen LogP contribution in [0, 0.1) is 11.7 Å². The molecular formula is C25H26FN3O3. The second-order valence-electron chi connectivity index (χ2n) is 7.92. The predicted octanol–water partition coefficient (Wildman–Crippen LogP) is 3.81. The summed E-state index contributed by atoms with van der Waals surface area (Å²) in [6, 6.07) is 15.2. The van der Waals surface area contributed by atoms with Crippen molar-refractivity contribution in [3.63, 3.8) is 0 Å². The maximum absolute atomic E-state index is 13.1. The molecule has 32 heavy (non-hydrogen) atoms. The molecule has 0 radical (unpaired) electrons. The fraction of sp³-hybridized carbons (Fsp3) is 0.320. The number of hydrogen-bond donors (Lipinski definition) is 1. The molecule has 166 valence electrons. The van der Waals surface area contributed by atoms with Crippen LogP contribution in [0.1, 0.15) is 29.6 Å². The molecule has 7 heteroatoms. The average Bonchev–Trinajstić information content (AvgIpc) is 2.84. The summed E-state index contributed by atoms with van der Waals surface area (Å²) in [6.45, 7) is 1.95. The standard InChI is InChI=1S/C25H26FN3O3/c26-21-11-9-19(10-12-21)25(31)29-15-3-7-20(17-29)24(30)28-14-4-16-32-22-8-1-5-18-6-2-13-27-23(18)22/h1-2,5-6,8-13,20H,3-4,7,14-17H2,(H,28,30). The number of likely N-dealkylation sites (tertiary alicyclic amines) is 1. The number of carbonyl (C=O) groups excluding carboxylic acids is 2. The number of hydrogen-bond acceptors (Lipinski definition) is 4. The van der Waals surface area contributed by atoms with E-state index in [9.17, 15) is 14.0 Å².